The second-order valence-corrected chi connectivity index (χ2v) is 4.66. The van der Waals surface area contributed by atoms with E-state index in [-0.39, 0.29) is 0 Å². The lowest BCUT2D eigenvalue weighted by Crippen LogP contribution is -1.99. The number of rotatable bonds is 3. The van der Waals surface area contributed by atoms with E-state index < -0.39 is 0 Å². The Labute approximate surface area is 114 Å². The lowest BCUT2D eigenvalue weighted by atomic mass is 10.1. The molecule has 0 aliphatic heterocycles. The molecule has 0 spiro atoms. The number of hydrogen-bond donors (Lipinski definition) is 1. The average Bonchev–Trinajstić information content (AvgIpc) is 2.93. The van der Waals surface area contributed by atoms with Gasteiger partial charge in [0.2, 0.25) is 0 Å². The molecule has 0 radical (unpaired) electrons. The van der Waals surface area contributed by atoms with E-state index in [1.165, 1.54) is 11.7 Å². The molecule has 0 aliphatic rings. The van der Waals surface area contributed by atoms with Gasteiger partial charge in [0, 0.05) is 12.2 Å². The molecule has 1 N–H and O–H groups in total. The van der Waals surface area contributed by atoms with Gasteiger partial charge in [-0.15, -0.1) is 0 Å². The summed E-state index contributed by atoms with van der Waals surface area (Å²) in [5, 5.41) is 12.2. The van der Waals surface area contributed by atoms with E-state index in [2.05, 4.69) is 20.1 Å². The van der Waals surface area contributed by atoms with Crippen molar-refractivity contribution >= 4 is 28.4 Å². The monoisotopic (exact) mass is 266 g/mol. The minimum atomic E-state index is 0.679. The highest BCUT2D eigenvalue weighted by atomic mass is 32.1. The summed E-state index contributed by atoms with van der Waals surface area (Å²) in [5.41, 5.74) is 4.58. The van der Waals surface area contributed by atoms with Gasteiger partial charge in [-0.25, -0.2) is 0 Å². The van der Waals surface area contributed by atoms with Gasteiger partial charge in [0.25, 0.3) is 0 Å². The van der Waals surface area contributed by atoms with Crippen molar-refractivity contribution in [1.29, 1.82) is 5.26 Å². The number of nitrogens with one attached hydrogen (secondary N) is 1. The second kappa shape index (κ2) is 5.04. The van der Waals surface area contributed by atoms with Crippen LogP contribution in [0.4, 0.5) is 5.69 Å². The largest absolute Gasteiger partial charge is 0.381 e. The zero-order valence-electron chi connectivity index (χ0n) is 10.00. The molecule has 3 rings (SSSR count). The highest BCUT2D eigenvalue weighted by molar-refractivity contribution is 7.00. The summed E-state index contributed by atoms with van der Waals surface area (Å²) in [7, 11) is 0. The Morgan fingerprint density at radius 2 is 2.00 bits per heavy atom. The van der Waals surface area contributed by atoms with E-state index in [9.17, 15) is 0 Å². The van der Waals surface area contributed by atoms with Crippen molar-refractivity contribution in [1.82, 2.24) is 8.75 Å². The third-order valence-corrected chi connectivity index (χ3v) is 3.36. The molecule has 0 fully saturated rings. The first-order chi connectivity index (χ1) is 9.35. The molecule has 5 heteroatoms. The lowest BCUT2D eigenvalue weighted by molar-refractivity contribution is 1.15. The number of fused-ring (bicyclic) bond motifs is 1. The summed E-state index contributed by atoms with van der Waals surface area (Å²) in [4.78, 5) is 0. The van der Waals surface area contributed by atoms with Crippen LogP contribution in [0.25, 0.3) is 11.0 Å². The van der Waals surface area contributed by atoms with E-state index in [1.807, 2.05) is 36.4 Å². The Morgan fingerprint density at radius 1 is 1.11 bits per heavy atom. The molecule has 0 bridgehead atoms. The fourth-order valence-electron chi connectivity index (χ4n) is 1.85. The Morgan fingerprint density at radius 3 is 2.89 bits per heavy atom. The molecule has 1 aromatic heterocycles. The number of aromatic nitrogens is 2. The van der Waals surface area contributed by atoms with E-state index >= 15 is 0 Å². The van der Waals surface area contributed by atoms with Crippen LogP contribution < -0.4 is 5.32 Å². The van der Waals surface area contributed by atoms with Crippen LogP contribution in [0.5, 0.6) is 0 Å². The Balaban J connectivity index is 1.76. The first kappa shape index (κ1) is 11.6. The molecule has 0 amide bonds. The van der Waals surface area contributed by atoms with Crippen LogP contribution in [0, 0.1) is 11.3 Å². The number of hydrogen-bond acceptors (Lipinski definition) is 5. The first-order valence-corrected chi connectivity index (χ1v) is 6.53. The maximum absolute atomic E-state index is 8.86. The topological polar surface area (TPSA) is 61.6 Å². The van der Waals surface area contributed by atoms with Gasteiger partial charge in [0.1, 0.15) is 11.0 Å². The van der Waals surface area contributed by atoms with Crippen molar-refractivity contribution in [3.05, 3.63) is 53.6 Å². The first-order valence-electron chi connectivity index (χ1n) is 5.80. The fraction of sp³-hybridized carbons (Fsp3) is 0.0714. The van der Waals surface area contributed by atoms with Crippen molar-refractivity contribution in [2.75, 3.05) is 5.32 Å². The third kappa shape index (κ3) is 2.54. The lowest BCUT2D eigenvalue weighted by Gasteiger charge is -2.06. The summed E-state index contributed by atoms with van der Waals surface area (Å²) in [6.45, 7) is 0.679. The van der Waals surface area contributed by atoms with Crippen LogP contribution >= 0.6 is 11.7 Å². The average molecular weight is 266 g/mol. The molecule has 0 aliphatic carbocycles. The molecule has 2 aromatic carbocycles. The predicted molar refractivity (Wildman–Crippen MR) is 75.9 cm³/mol. The Hall–Kier alpha value is -2.45. The Kier molecular flexibility index (Phi) is 3.09. The van der Waals surface area contributed by atoms with Crippen LogP contribution in [-0.4, -0.2) is 8.75 Å². The minimum absolute atomic E-state index is 0.679. The van der Waals surface area contributed by atoms with Gasteiger partial charge in [-0.3, -0.25) is 0 Å². The normalized spacial score (nSPS) is 10.3. The van der Waals surface area contributed by atoms with Gasteiger partial charge in [-0.05, 0) is 35.9 Å². The minimum Gasteiger partial charge on any atom is -0.381 e. The van der Waals surface area contributed by atoms with Crippen LogP contribution in [0.15, 0.2) is 42.5 Å². The number of nitrogens with zero attached hydrogens (tertiary/aromatic N) is 3. The van der Waals surface area contributed by atoms with Crippen molar-refractivity contribution in [2.45, 2.75) is 6.54 Å². The highest BCUT2D eigenvalue weighted by Crippen LogP contribution is 2.18. The molecule has 0 saturated heterocycles. The third-order valence-electron chi connectivity index (χ3n) is 2.81. The summed E-state index contributed by atoms with van der Waals surface area (Å²) in [5.74, 6) is 0. The maximum atomic E-state index is 8.86. The summed E-state index contributed by atoms with van der Waals surface area (Å²) >= 11 is 1.22. The van der Waals surface area contributed by atoms with Gasteiger partial charge in [0.05, 0.1) is 23.4 Å². The van der Waals surface area contributed by atoms with Gasteiger partial charge < -0.3 is 5.32 Å². The van der Waals surface area contributed by atoms with Crippen LogP contribution in [0.3, 0.4) is 0 Å². The van der Waals surface area contributed by atoms with Gasteiger partial charge in [-0.1, -0.05) is 12.1 Å². The van der Waals surface area contributed by atoms with Gasteiger partial charge in [0.15, 0.2) is 0 Å². The maximum Gasteiger partial charge on any atom is 0.106 e. The quantitative estimate of drug-likeness (QED) is 0.791. The standard InChI is InChI=1S/C14H10N4S/c15-8-10-2-1-3-11(6-10)9-16-12-4-5-13-14(7-12)18-19-17-13/h1-7,16H,9H2. The smallest absolute Gasteiger partial charge is 0.106 e. The molecule has 1 heterocycles. The number of nitriles is 1. The molecule has 0 saturated carbocycles. The highest BCUT2D eigenvalue weighted by Gasteiger charge is 2.00. The zero-order valence-corrected chi connectivity index (χ0v) is 10.8. The molecule has 0 atom stereocenters. The van der Waals surface area contributed by atoms with Gasteiger partial charge >= 0.3 is 0 Å². The number of benzene rings is 2. The van der Waals surface area contributed by atoms with E-state index in [0.717, 1.165) is 22.3 Å². The molecule has 0 unspecified atom stereocenters. The predicted octanol–water partition coefficient (Wildman–Crippen LogP) is 3.18. The van der Waals surface area contributed by atoms with Crippen molar-refractivity contribution in [3.63, 3.8) is 0 Å². The van der Waals surface area contributed by atoms with Crippen LogP contribution in [0.1, 0.15) is 11.1 Å². The van der Waals surface area contributed by atoms with Crippen LogP contribution in [0.2, 0.25) is 0 Å². The molecular formula is C14H10N4S. The van der Waals surface area contributed by atoms with Gasteiger partial charge in [-0.2, -0.15) is 14.0 Å². The van der Waals surface area contributed by atoms with E-state index in [4.69, 9.17) is 5.26 Å². The van der Waals surface area contributed by atoms with Crippen molar-refractivity contribution in [2.24, 2.45) is 0 Å². The second-order valence-electron chi connectivity index (χ2n) is 4.13. The zero-order chi connectivity index (χ0) is 13.1. The summed E-state index contributed by atoms with van der Waals surface area (Å²) in [6, 6.07) is 15.6. The summed E-state index contributed by atoms with van der Waals surface area (Å²) < 4.78 is 8.38. The van der Waals surface area contributed by atoms with Crippen molar-refractivity contribution < 1.29 is 0 Å². The van der Waals surface area contributed by atoms with E-state index in [1.54, 1.807) is 6.07 Å². The fourth-order valence-corrected chi connectivity index (χ4v) is 2.36. The van der Waals surface area contributed by atoms with E-state index in [0.29, 0.717) is 12.1 Å². The Bertz CT molecular complexity index is 757. The SMILES string of the molecule is N#Cc1cccc(CNc2ccc3nsnc3c2)c1. The molecule has 92 valence electrons. The van der Waals surface area contributed by atoms with Crippen LogP contribution in [-0.2, 0) is 6.54 Å². The molecular weight excluding hydrogens is 256 g/mol. The molecule has 19 heavy (non-hydrogen) atoms. The number of anilines is 1. The summed E-state index contributed by atoms with van der Waals surface area (Å²) in [6.07, 6.45) is 0. The molecule has 4 nitrogen and oxygen atoms in total. The van der Waals surface area contributed by atoms with Crippen molar-refractivity contribution in [3.8, 4) is 6.07 Å². The molecule has 3 aromatic rings.